The molecule has 0 saturated heterocycles. The number of fused-ring (bicyclic) bond motifs is 1. The van der Waals surface area contributed by atoms with Crippen LogP contribution in [0.3, 0.4) is 0 Å². The molecule has 0 fully saturated rings. The van der Waals surface area contributed by atoms with E-state index in [-0.39, 0.29) is 11.4 Å². The maximum atomic E-state index is 12.9. The first-order chi connectivity index (χ1) is 13.1. The van der Waals surface area contributed by atoms with E-state index >= 15 is 0 Å². The van der Waals surface area contributed by atoms with Gasteiger partial charge in [-0.3, -0.25) is 19.5 Å². The molecule has 9 heteroatoms. The summed E-state index contributed by atoms with van der Waals surface area (Å²) >= 11 is 2.64. The molecular weight excluding hydrogens is 386 g/mol. The molecule has 0 radical (unpaired) electrons. The van der Waals surface area contributed by atoms with Gasteiger partial charge >= 0.3 is 5.88 Å². The Labute approximate surface area is 160 Å². The number of aromatic nitrogens is 2. The SMILES string of the molecule is O=c1c2ccsc2nc(S/C=C/c2ccc([N+](=O)[O-])o2)n1-c1ccccc1. The first kappa shape index (κ1) is 17.3. The third kappa shape index (κ3) is 3.42. The Morgan fingerprint density at radius 3 is 2.74 bits per heavy atom. The third-order valence-electron chi connectivity index (χ3n) is 3.68. The van der Waals surface area contributed by atoms with Crippen LogP contribution in [-0.4, -0.2) is 14.5 Å². The minimum atomic E-state index is -0.593. The molecule has 0 unspecified atom stereocenters. The molecule has 0 saturated carbocycles. The molecule has 0 aliphatic rings. The molecule has 7 nitrogen and oxygen atoms in total. The van der Waals surface area contributed by atoms with Crippen LogP contribution < -0.4 is 5.56 Å². The molecule has 3 aromatic heterocycles. The van der Waals surface area contributed by atoms with Crippen molar-refractivity contribution >= 4 is 45.3 Å². The van der Waals surface area contributed by atoms with Crippen molar-refractivity contribution in [1.29, 1.82) is 0 Å². The van der Waals surface area contributed by atoms with Crippen LogP contribution in [0.5, 0.6) is 0 Å². The summed E-state index contributed by atoms with van der Waals surface area (Å²) in [5.41, 5.74) is 0.574. The Morgan fingerprint density at radius 1 is 1.19 bits per heavy atom. The number of nitro groups is 1. The van der Waals surface area contributed by atoms with Crippen LogP contribution in [0.15, 0.2) is 73.7 Å². The number of thioether (sulfide) groups is 1. The van der Waals surface area contributed by atoms with Gasteiger partial charge in [0.15, 0.2) is 5.16 Å². The van der Waals surface area contributed by atoms with Crippen LogP contribution in [0, 0.1) is 10.1 Å². The van der Waals surface area contributed by atoms with Gasteiger partial charge in [-0.15, -0.1) is 11.3 Å². The molecule has 3 heterocycles. The first-order valence-corrected chi connectivity index (χ1v) is 9.52. The Kier molecular flexibility index (Phi) is 4.61. The van der Waals surface area contributed by atoms with Crippen molar-refractivity contribution in [3.05, 3.63) is 85.5 Å². The number of hydrogen-bond acceptors (Lipinski definition) is 7. The van der Waals surface area contributed by atoms with Gasteiger partial charge in [-0.1, -0.05) is 30.0 Å². The van der Waals surface area contributed by atoms with E-state index in [1.165, 1.54) is 35.2 Å². The van der Waals surface area contributed by atoms with Gasteiger partial charge in [0.2, 0.25) is 0 Å². The van der Waals surface area contributed by atoms with Crippen LogP contribution in [0.4, 0.5) is 5.88 Å². The van der Waals surface area contributed by atoms with Crippen molar-refractivity contribution in [3.8, 4) is 5.69 Å². The summed E-state index contributed by atoms with van der Waals surface area (Å²) in [6, 6.07) is 13.8. The lowest BCUT2D eigenvalue weighted by atomic mass is 10.3. The van der Waals surface area contributed by atoms with Gasteiger partial charge in [0.25, 0.3) is 5.56 Å². The van der Waals surface area contributed by atoms with Crippen molar-refractivity contribution in [1.82, 2.24) is 9.55 Å². The van der Waals surface area contributed by atoms with Crippen molar-refractivity contribution < 1.29 is 9.34 Å². The zero-order valence-corrected chi connectivity index (χ0v) is 15.3. The summed E-state index contributed by atoms with van der Waals surface area (Å²) in [5, 5.41) is 15.3. The molecule has 0 aliphatic heterocycles. The van der Waals surface area contributed by atoms with E-state index in [4.69, 9.17) is 4.42 Å². The predicted octanol–water partition coefficient (Wildman–Crippen LogP) is 4.71. The van der Waals surface area contributed by atoms with Gasteiger partial charge in [-0.2, -0.15) is 0 Å². The predicted molar refractivity (Wildman–Crippen MR) is 105 cm³/mol. The second-order valence-corrected chi connectivity index (χ2v) is 7.13. The molecule has 0 N–H and O–H groups in total. The molecular formula is C18H11N3O4S2. The minimum Gasteiger partial charge on any atom is -0.401 e. The standard InChI is InChI=1S/C18H11N3O4S2/c22-17-14-9-11-26-16(14)19-18(20(17)12-4-2-1-3-5-12)27-10-8-13-6-7-15(25-13)21(23)24/h1-11H/b10-8+. The second-order valence-electron chi connectivity index (χ2n) is 5.36. The lowest BCUT2D eigenvalue weighted by Gasteiger charge is -2.10. The molecule has 0 atom stereocenters. The van der Waals surface area contributed by atoms with Crippen LogP contribution in [0.2, 0.25) is 0 Å². The van der Waals surface area contributed by atoms with Gasteiger partial charge < -0.3 is 4.42 Å². The Balaban J connectivity index is 1.73. The van der Waals surface area contributed by atoms with Crippen LogP contribution >= 0.6 is 23.1 Å². The molecule has 134 valence electrons. The largest absolute Gasteiger partial charge is 0.433 e. The van der Waals surface area contributed by atoms with Gasteiger partial charge in [-0.05, 0) is 41.1 Å². The average Bonchev–Trinajstić information content (AvgIpc) is 3.32. The minimum absolute atomic E-state index is 0.142. The number of para-hydroxylation sites is 1. The van der Waals surface area contributed by atoms with Gasteiger partial charge in [-0.25, -0.2) is 4.98 Å². The highest BCUT2D eigenvalue weighted by atomic mass is 32.2. The number of furan rings is 1. The maximum absolute atomic E-state index is 12.9. The Morgan fingerprint density at radius 2 is 2.00 bits per heavy atom. The summed E-state index contributed by atoms with van der Waals surface area (Å²) in [4.78, 5) is 28.3. The molecule has 0 aliphatic carbocycles. The van der Waals surface area contributed by atoms with Crippen molar-refractivity contribution in [2.45, 2.75) is 5.16 Å². The van der Waals surface area contributed by atoms with E-state index in [9.17, 15) is 14.9 Å². The number of rotatable bonds is 5. The Bertz CT molecular complexity index is 1210. The van der Waals surface area contributed by atoms with E-state index in [2.05, 4.69) is 4.98 Å². The lowest BCUT2D eigenvalue weighted by Crippen LogP contribution is -2.20. The molecule has 27 heavy (non-hydrogen) atoms. The monoisotopic (exact) mass is 397 g/mol. The second kappa shape index (κ2) is 7.22. The van der Waals surface area contributed by atoms with E-state index in [0.29, 0.717) is 26.8 Å². The molecule has 0 amide bonds. The quantitative estimate of drug-likeness (QED) is 0.210. The van der Waals surface area contributed by atoms with Crippen molar-refractivity contribution in [3.63, 3.8) is 0 Å². The van der Waals surface area contributed by atoms with E-state index in [1.807, 2.05) is 35.7 Å². The summed E-state index contributed by atoms with van der Waals surface area (Å²) in [5.74, 6) is 0.0268. The summed E-state index contributed by atoms with van der Waals surface area (Å²) in [7, 11) is 0. The lowest BCUT2D eigenvalue weighted by molar-refractivity contribution is -0.402. The number of nitrogens with zero attached hydrogens (tertiary/aromatic N) is 3. The highest BCUT2D eigenvalue weighted by Gasteiger charge is 2.14. The smallest absolute Gasteiger partial charge is 0.401 e. The van der Waals surface area contributed by atoms with Gasteiger partial charge in [0, 0.05) is 0 Å². The van der Waals surface area contributed by atoms with Gasteiger partial charge in [0.1, 0.15) is 15.5 Å². The fraction of sp³-hybridized carbons (Fsp3) is 0. The van der Waals surface area contributed by atoms with Crippen LogP contribution in [0.25, 0.3) is 22.0 Å². The number of benzene rings is 1. The molecule has 0 spiro atoms. The van der Waals surface area contributed by atoms with E-state index in [0.717, 1.165) is 0 Å². The van der Waals surface area contributed by atoms with Gasteiger partial charge in [0.05, 0.1) is 17.1 Å². The normalized spacial score (nSPS) is 11.4. The average molecular weight is 397 g/mol. The number of thiophene rings is 1. The zero-order valence-electron chi connectivity index (χ0n) is 13.6. The third-order valence-corrected chi connectivity index (χ3v) is 5.24. The van der Waals surface area contributed by atoms with Crippen molar-refractivity contribution in [2.24, 2.45) is 0 Å². The maximum Gasteiger partial charge on any atom is 0.433 e. The highest BCUT2D eigenvalue weighted by molar-refractivity contribution is 8.02. The molecule has 0 bridgehead atoms. The van der Waals surface area contributed by atoms with Crippen LogP contribution in [0.1, 0.15) is 5.76 Å². The first-order valence-electron chi connectivity index (χ1n) is 7.76. The molecule has 4 rings (SSSR count). The fourth-order valence-corrected chi connectivity index (χ4v) is 4.04. The topological polar surface area (TPSA) is 91.2 Å². The summed E-state index contributed by atoms with van der Waals surface area (Å²) in [6.07, 6.45) is 1.60. The van der Waals surface area contributed by atoms with Crippen LogP contribution in [-0.2, 0) is 0 Å². The Hall–Kier alpha value is -3.17. The zero-order chi connectivity index (χ0) is 18.8. The highest BCUT2D eigenvalue weighted by Crippen LogP contribution is 2.25. The molecule has 4 aromatic rings. The van der Waals surface area contributed by atoms with E-state index < -0.39 is 4.92 Å². The van der Waals surface area contributed by atoms with E-state index in [1.54, 1.807) is 22.1 Å². The van der Waals surface area contributed by atoms with Crippen molar-refractivity contribution in [2.75, 3.05) is 0 Å². The molecule has 1 aromatic carbocycles. The summed E-state index contributed by atoms with van der Waals surface area (Å²) in [6.45, 7) is 0. The fourth-order valence-electron chi connectivity index (χ4n) is 2.47. The number of hydrogen-bond donors (Lipinski definition) is 0. The summed E-state index contributed by atoms with van der Waals surface area (Å²) < 4.78 is 6.64.